The maximum Gasteiger partial charge on any atom is 0.269 e. The molecule has 0 bridgehead atoms. The fourth-order valence-electron chi connectivity index (χ4n) is 3.39. The maximum atomic E-state index is 13.4. The molecule has 0 spiro atoms. The average Bonchev–Trinajstić information content (AvgIpc) is 2.85. The van der Waals surface area contributed by atoms with Crippen molar-refractivity contribution in [1.29, 1.82) is 5.26 Å². The third-order valence-electron chi connectivity index (χ3n) is 5.33. The molecule has 0 saturated carbocycles. The second-order valence-electron chi connectivity index (χ2n) is 7.74. The predicted molar refractivity (Wildman–Crippen MR) is 131 cm³/mol. The molecule has 4 rings (SSSR count). The number of hydrogen-bond acceptors (Lipinski definition) is 7. The molecule has 9 heteroatoms. The lowest BCUT2D eigenvalue weighted by Gasteiger charge is -2.12. The van der Waals surface area contributed by atoms with Gasteiger partial charge in [0.05, 0.1) is 12.0 Å². The molecule has 8 nitrogen and oxygen atoms in total. The van der Waals surface area contributed by atoms with Gasteiger partial charge in [-0.1, -0.05) is 23.8 Å². The van der Waals surface area contributed by atoms with Gasteiger partial charge >= 0.3 is 0 Å². The van der Waals surface area contributed by atoms with Crippen LogP contribution in [0.5, 0.6) is 17.4 Å². The number of sulfone groups is 1. The number of nitrogens with zero attached hydrogens (tertiary/aromatic N) is 3. The maximum absolute atomic E-state index is 13.4. The Morgan fingerprint density at radius 1 is 1.03 bits per heavy atom. The Bertz CT molecular complexity index is 1650. The number of methoxy groups -OCH3 is 1. The lowest BCUT2D eigenvalue weighted by atomic mass is 10.2. The number of aryl methyl sites for hydroxylation is 2. The minimum atomic E-state index is -4.19. The van der Waals surface area contributed by atoms with Crippen molar-refractivity contribution in [1.82, 2.24) is 9.38 Å². The van der Waals surface area contributed by atoms with E-state index >= 15 is 0 Å². The van der Waals surface area contributed by atoms with Crippen molar-refractivity contribution in [2.75, 3.05) is 7.11 Å². The van der Waals surface area contributed by atoms with Crippen molar-refractivity contribution in [2.24, 2.45) is 0 Å². The van der Waals surface area contributed by atoms with Gasteiger partial charge in [-0.25, -0.2) is 8.42 Å². The molecule has 0 aliphatic rings. The Labute approximate surface area is 202 Å². The molecule has 2 aromatic carbocycles. The first-order chi connectivity index (χ1) is 16.7. The Morgan fingerprint density at radius 2 is 1.69 bits per heavy atom. The van der Waals surface area contributed by atoms with E-state index in [9.17, 15) is 18.5 Å². The third-order valence-corrected chi connectivity index (χ3v) is 7.01. The van der Waals surface area contributed by atoms with Gasteiger partial charge in [-0.05, 0) is 68.0 Å². The minimum Gasteiger partial charge on any atom is -0.497 e. The van der Waals surface area contributed by atoms with E-state index < -0.39 is 20.3 Å². The number of aromatic nitrogens is 2. The summed E-state index contributed by atoms with van der Waals surface area (Å²) in [6.07, 6.45) is 2.53. The fraction of sp³-hybridized carbons (Fsp3) is 0.115. The van der Waals surface area contributed by atoms with Crippen LogP contribution in [0.3, 0.4) is 0 Å². The van der Waals surface area contributed by atoms with Crippen molar-refractivity contribution >= 4 is 21.6 Å². The summed E-state index contributed by atoms with van der Waals surface area (Å²) in [6, 6.07) is 17.9. The Kier molecular flexibility index (Phi) is 6.40. The third kappa shape index (κ3) is 4.65. The average molecular weight is 488 g/mol. The van der Waals surface area contributed by atoms with Gasteiger partial charge < -0.3 is 9.47 Å². The van der Waals surface area contributed by atoms with E-state index in [1.165, 1.54) is 29.8 Å². The zero-order valence-corrected chi connectivity index (χ0v) is 20.0. The molecule has 0 unspecified atom stereocenters. The van der Waals surface area contributed by atoms with E-state index in [-0.39, 0.29) is 16.3 Å². The highest BCUT2D eigenvalue weighted by atomic mass is 32.2. The largest absolute Gasteiger partial charge is 0.497 e. The summed E-state index contributed by atoms with van der Waals surface area (Å²) in [5, 5.41) is 9.74. The van der Waals surface area contributed by atoms with Crippen molar-refractivity contribution in [3.8, 4) is 23.4 Å². The first-order valence-electron chi connectivity index (χ1n) is 10.5. The van der Waals surface area contributed by atoms with E-state index in [1.54, 1.807) is 61.5 Å². The van der Waals surface area contributed by atoms with Crippen LogP contribution in [-0.4, -0.2) is 24.9 Å². The lowest BCUT2D eigenvalue weighted by molar-refractivity contribution is 0.412. The topological polar surface area (TPSA) is 111 Å². The standard InChI is InChI=1S/C26H21N3O5S/c1-17-6-12-21(13-7-17)35(31,32)22(16-27)15-23-25(34-20-10-8-19(33-3)9-11-20)28-24-18(2)5-4-14-29(24)26(23)30/h4-15H,1-3H3/b22-15+. The van der Waals surface area contributed by atoms with E-state index in [4.69, 9.17) is 9.47 Å². The highest BCUT2D eigenvalue weighted by Crippen LogP contribution is 2.28. The quantitative estimate of drug-likeness (QED) is 0.370. The van der Waals surface area contributed by atoms with Crippen LogP contribution in [0.15, 0.2) is 81.5 Å². The summed E-state index contributed by atoms with van der Waals surface area (Å²) in [7, 11) is -2.66. The summed E-state index contributed by atoms with van der Waals surface area (Å²) < 4.78 is 38.7. The van der Waals surface area contributed by atoms with Gasteiger partial charge in [-0.2, -0.15) is 10.2 Å². The predicted octanol–water partition coefficient (Wildman–Crippen LogP) is 4.45. The normalized spacial score (nSPS) is 11.8. The summed E-state index contributed by atoms with van der Waals surface area (Å²) in [4.78, 5) is 17.3. The van der Waals surface area contributed by atoms with Gasteiger partial charge in [-0.15, -0.1) is 0 Å². The Morgan fingerprint density at radius 3 is 2.31 bits per heavy atom. The number of ether oxygens (including phenoxy) is 2. The number of hydrogen-bond donors (Lipinski definition) is 0. The number of rotatable bonds is 6. The highest BCUT2D eigenvalue weighted by molar-refractivity contribution is 7.95. The zero-order valence-electron chi connectivity index (χ0n) is 19.2. The number of nitriles is 1. The molecule has 35 heavy (non-hydrogen) atoms. The Balaban J connectivity index is 1.93. The fourth-order valence-corrected chi connectivity index (χ4v) is 4.54. The second-order valence-corrected chi connectivity index (χ2v) is 9.65. The van der Waals surface area contributed by atoms with Crippen LogP contribution in [0.1, 0.15) is 16.7 Å². The highest BCUT2D eigenvalue weighted by Gasteiger charge is 2.24. The molecular weight excluding hydrogens is 466 g/mol. The molecule has 0 N–H and O–H groups in total. The van der Waals surface area contributed by atoms with E-state index in [2.05, 4.69) is 4.98 Å². The van der Waals surface area contributed by atoms with Crippen molar-refractivity contribution in [3.63, 3.8) is 0 Å². The molecule has 176 valence electrons. The summed E-state index contributed by atoms with van der Waals surface area (Å²) in [5.41, 5.74) is 1.18. The van der Waals surface area contributed by atoms with Gasteiger partial charge in [0, 0.05) is 6.20 Å². The molecule has 0 saturated heterocycles. The summed E-state index contributed by atoms with van der Waals surface area (Å²) in [6.45, 7) is 3.61. The molecule has 0 amide bonds. The van der Waals surface area contributed by atoms with Crippen LogP contribution < -0.4 is 15.0 Å². The number of benzene rings is 2. The van der Waals surface area contributed by atoms with E-state index in [1.807, 2.05) is 6.92 Å². The smallest absolute Gasteiger partial charge is 0.269 e. The van der Waals surface area contributed by atoms with E-state index in [0.29, 0.717) is 22.7 Å². The molecule has 2 heterocycles. The SMILES string of the molecule is COc1ccc(Oc2nc3c(C)cccn3c(=O)c2/C=C(\C#N)S(=O)(=O)c2ccc(C)cc2)cc1. The van der Waals surface area contributed by atoms with Crippen LogP contribution in [0, 0.1) is 25.2 Å². The van der Waals surface area contributed by atoms with Gasteiger partial charge in [0.1, 0.15) is 33.7 Å². The van der Waals surface area contributed by atoms with Gasteiger partial charge in [-0.3, -0.25) is 9.20 Å². The Hall–Kier alpha value is -4.42. The van der Waals surface area contributed by atoms with Crippen molar-refractivity contribution in [3.05, 3.63) is 98.8 Å². The van der Waals surface area contributed by atoms with Gasteiger partial charge in [0.25, 0.3) is 5.56 Å². The van der Waals surface area contributed by atoms with Crippen LogP contribution >= 0.6 is 0 Å². The molecule has 0 aliphatic heterocycles. The zero-order chi connectivity index (χ0) is 25.2. The second kappa shape index (κ2) is 9.44. The monoisotopic (exact) mass is 487 g/mol. The molecule has 0 atom stereocenters. The number of fused-ring (bicyclic) bond motifs is 1. The number of pyridine rings is 1. The molecule has 0 radical (unpaired) electrons. The lowest BCUT2D eigenvalue weighted by Crippen LogP contribution is -2.20. The van der Waals surface area contributed by atoms with Crippen LogP contribution in [0.25, 0.3) is 11.7 Å². The van der Waals surface area contributed by atoms with E-state index in [0.717, 1.165) is 11.6 Å². The summed E-state index contributed by atoms with van der Waals surface area (Å²) in [5.74, 6) is 0.835. The first-order valence-corrected chi connectivity index (χ1v) is 12.0. The van der Waals surface area contributed by atoms with Crippen molar-refractivity contribution in [2.45, 2.75) is 18.7 Å². The molecule has 0 fully saturated rings. The minimum absolute atomic E-state index is 0.0572. The van der Waals surface area contributed by atoms with Crippen molar-refractivity contribution < 1.29 is 17.9 Å². The summed E-state index contributed by atoms with van der Waals surface area (Å²) >= 11 is 0. The van der Waals surface area contributed by atoms with Crippen LogP contribution in [0.2, 0.25) is 0 Å². The van der Waals surface area contributed by atoms with Gasteiger partial charge in [0.2, 0.25) is 15.7 Å². The van der Waals surface area contributed by atoms with Crippen LogP contribution in [-0.2, 0) is 9.84 Å². The molecular formula is C26H21N3O5S. The van der Waals surface area contributed by atoms with Gasteiger partial charge in [0.15, 0.2) is 0 Å². The van der Waals surface area contributed by atoms with Crippen LogP contribution in [0.4, 0.5) is 0 Å². The number of allylic oxidation sites excluding steroid dienone is 1. The first kappa shape index (κ1) is 23.7. The molecule has 0 aliphatic carbocycles. The molecule has 2 aromatic heterocycles. The molecule has 4 aromatic rings.